The molecule has 1 heterocycles. The van der Waals surface area contributed by atoms with Gasteiger partial charge in [-0.05, 0) is 24.4 Å². The molecule has 0 amide bonds. The molecule has 0 radical (unpaired) electrons. The largest absolute Gasteiger partial charge is 0.374 e. The second kappa shape index (κ2) is 5.17. The van der Waals surface area contributed by atoms with Crippen LogP contribution in [0.25, 0.3) is 0 Å². The number of aromatic nitrogens is 2. The minimum absolute atomic E-state index is 0.0226. The van der Waals surface area contributed by atoms with Crippen LogP contribution in [0.4, 0.5) is 0 Å². The van der Waals surface area contributed by atoms with Crippen LogP contribution in [0.3, 0.4) is 0 Å². The number of rotatable bonds is 5. The van der Waals surface area contributed by atoms with Gasteiger partial charge >= 0.3 is 0 Å². The maximum absolute atomic E-state index is 11.6. The Morgan fingerprint density at radius 1 is 1.57 bits per heavy atom. The molecule has 1 aromatic rings. The minimum atomic E-state index is -0.0226. The van der Waals surface area contributed by atoms with Crippen molar-refractivity contribution in [2.75, 3.05) is 13.2 Å². The zero-order valence-corrected chi connectivity index (χ0v) is 9.43. The van der Waals surface area contributed by atoms with Crippen molar-refractivity contribution in [3.05, 3.63) is 10.6 Å². The summed E-state index contributed by atoms with van der Waals surface area (Å²) in [6.45, 7) is 6.53. The van der Waals surface area contributed by atoms with Crippen molar-refractivity contribution in [3.63, 3.8) is 0 Å². The first-order valence-corrected chi connectivity index (χ1v) is 5.37. The van der Waals surface area contributed by atoms with Crippen LogP contribution in [0.15, 0.2) is 0 Å². The van der Waals surface area contributed by atoms with Gasteiger partial charge in [-0.25, -0.2) is 0 Å². The first kappa shape index (κ1) is 11.3. The van der Waals surface area contributed by atoms with Crippen LogP contribution < -0.4 is 0 Å². The fourth-order valence-corrected chi connectivity index (χ4v) is 1.77. The summed E-state index contributed by atoms with van der Waals surface area (Å²) in [6.07, 6.45) is 0. The van der Waals surface area contributed by atoms with Gasteiger partial charge in [0, 0.05) is 6.61 Å². The summed E-state index contributed by atoms with van der Waals surface area (Å²) >= 11 is 1.15. The summed E-state index contributed by atoms with van der Waals surface area (Å²) in [5.41, 5.74) is 0.778. The lowest BCUT2D eigenvalue weighted by atomic mass is 10.1. The van der Waals surface area contributed by atoms with E-state index in [4.69, 9.17) is 4.74 Å². The molecule has 1 rings (SSSR count). The third kappa shape index (κ3) is 2.59. The maximum Gasteiger partial charge on any atom is 0.201 e. The molecule has 0 aliphatic rings. The van der Waals surface area contributed by atoms with E-state index in [1.54, 1.807) is 0 Å². The number of carbonyl (C=O) groups excluding carboxylic acids is 1. The Labute approximate surface area is 87.5 Å². The Hall–Kier alpha value is -0.810. The summed E-state index contributed by atoms with van der Waals surface area (Å²) in [4.78, 5) is 12.2. The lowest BCUT2D eigenvalue weighted by Crippen LogP contribution is -2.10. The first-order valence-electron chi connectivity index (χ1n) is 4.60. The fourth-order valence-electron chi connectivity index (χ4n) is 1.03. The van der Waals surface area contributed by atoms with Crippen LogP contribution in [0.2, 0.25) is 0 Å². The highest BCUT2D eigenvalue weighted by Crippen LogP contribution is 2.19. The van der Waals surface area contributed by atoms with Gasteiger partial charge in [-0.3, -0.25) is 4.79 Å². The van der Waals surface area contributed by atoms with Crippen molar-refractivity contribution < 1.29 is 9.53 Å². The Balaban J connectivity index is 2.74. The summed E-state index contributed by atoms with van der Waals surface area (Å²) in [5, 5.41) is 3.94. The van der Waals surface area contributed by atoms with Crippen LogP contribution >= 0.6 is 11.5 Å². The van der Waals surface area contributed by atoms with E-state index < -0.39 is 0 Å². The van der Waals surface area contributed by atoms with Gasteiger partial charge in [0.1, 0.15) is 11.5 Å². The van der Waals surface area contributed by atoms with Gasteiger partial charge < -0.3 is 4.74 Å². The fraction of sp³-hybridized carbons (Fsp3) is 0.667. The lowest BCUT2D eigenvalue weighted by molar-refractivity contribution is 0.0786. The molecule has 0 fully saturated rings. The monoisotopic (exact) mass is 214 g/mol. The average Bonchev–Trinajstić information content (AvgIpc) is 2.62. The van der Waals surface area contributed by atoms with Gasteiger partial charge in [0.15, 0.2) is 0 Å². The molecule has 0 aliphatic carbocycles. The van der Waals surface area contributed by atoms with Crippen molar-refractivity contribution in [2.45, 2.75) is 26.7 Å². The zero-order chi connectivity index (χ0) is 10.6. The molecule has 4 nitrogen and oxygen atoms in total. The Morgan fingerprint density at radius 3 is 2.86 bits per heavy atom. The Bertz CT molecular complexity index is 310. The number of hydrogen-bond donors (Lipinski definition) is 0. The van der Waals surface area contributed by atoms with E-state index in [1.165, 1.54) is 0 Å². The summed E-state index contributed by atoms with van der Waals surface area (Å²) < 4.78 is 8.84. The van der Waals surface area contributed by atoms with Crippen LogP contribution in [-0.4, -0.2) is 28.6 Å². The molecular weight excluding hydrogens is 200 g/mol. The molecule has 0 saturated heterocycles. The quantitative estimate of drug-likeness (QED) is 0.702. The normalized spacial score (nSPS) is 10.9. The highest BCUT2D eigenvalue weighted by Gasteiger charge is 2.18. The minimum Gasteiger partial charge on any atom is -0.374 e. The SMILES string of the molecule is CCOCC(=O)c1snnc1C(C)C. The molecule has 0 N–H and O–H groups in total. The van der Waals surface area contributed by atoms with Gasteiger partial charge in [0.05, 0.1) is 5.69 Å². The second-order valence-electron chi connectivity index (χ2n) is 3.20. The van der Waals surface area contributed by atoms with Crippen molar-refractivity contribution in [3.8, 4) is 0 Å². The van der Waals surface area contributed by atoms with E-state index in [9.17, 15) is 4.79 Å². The van der Waals surface area contributed by atoms with Crippen molar-refractivity contribution in [2.24, 2.45) is 0 Å². The van der Waals surface area contributed by atoms with E-state index in [1.807, 2.05) is 20.8 Å². The number of carbonyl (C=O) groups is 1. The number of ketones is 1. The van der Waals surface area contributed by atoms with Crippen LogP contribution in [0.5, 0.6) is 0 Å². The molecule has 0 unspecified atom stereocenters. The predicted molar refractivity (Wildman–Crippen MR) is 54.8 cm³/mol. The van der Waals surface area contributed by atoms with Gasteiger partial charge in [-0.2, -0.15) is 0 Å². The zero-order valence-electron chi connectivity index (χ0n) is 8.61. The summed E-state index contributed by atoms with van der Waals surface area (Å²) in [6, 6.07) is 0. The van der Waals surface area contributed by atoms with Crippen LogP contribution in [0.1, 0.15) is 42.1 Å². The van der Waals surface area contributed by atoms with Crippen molar-refractivity contribution in [1.29, 1.82) is 0 Å². The number of hydrogen-bond acceptors (Lipinski definition) is 5. The maximum atomic E-state index is 11.6. The van der Waals surface area contributed by atoms with Gasteiger partial charge in [0.25, 0.3) is 0 Å². The van der Waals surface area contributed by atoms with E-state index >= 15 is 0 Å². The van der Waals surface area contributed by atoms with Crippen LogP contribution in [-0.2, 0) is 4.74 Å². The third-order valence-corrected chi connectivity index (χ3v) is 2.53. The number of nitrogens with zero attached hydrogens (tertiary/aromatic N) is 2. The summed E-state index contributed by atoms with van der Waals surface area (Å²) in [5.74, 6) is 0.208. The Kier molecular flexibility index (Phi) is 4.16. The first-order chi connectivity index (χ1) is 6.66. The van der Waals surface area contributed by atoms with E-state index in [-0.39, 0.29) is 18.3 Å². The van der Waals surface area contributed by atoms with Crippen molar-refractivity contribution >= 4 is 17.3 Å². The molecule has 0 atom stereocenters. The molecule has 0 aliphatic heterocycles. The van der Waals surface area contributed by atoms with E-state index in [2.05, 4.69) is 9.59 Å². The lowest BCUT2D eigenvalue weighted by Gasteiger charge is -2.02. The van der Waals surface area contributed by atoms with Gasteiger partial charge in [-0.1, -0.05) is 18.3 Å². The van der Waals surface area contributed by atoms with Crippen molar-refractivity contribution in [1.82, 2.24) is 9.59 Å². The van der Waals surface area contributed by atoms with Gasteiger partial charge in [0.2, 0.25) is 5.78 Å². The molecule has 5 heteroatoms. The molecular formula is C9H14N2O2S. The highest BCUT2D eigenvalue weighted by atomic mass is 32.1. The predicted octanol–water partition coefficient (Wildman–Crippen LogP) is 1.88. The average molecular weight is 214 g/mol. The molecule has 0 saturated carbocycles. The Morgan fingerprint density at radius 2 is 2.29 bits per heavy atom. The topological polar surface area (TPSA) is 52.1 Å². The number of ether oxygens (including phenoxy) is 1. The molecule has 0 aromatic carbocycles. The summed E-state index contributed by atoms with van der Waals surface area (Å²) in [7, 11) is 0. The molecule has 1 aromatic heterocycles. The van der Waals surface area contributed by atoms with E-state index in [0.717, 1.165) is 17.2 Å². The van der Waals surface area contributed by atoms with Gasteiger partial charge in [-0.15, -0.1) is 5.10 Å². The number of Topliss-reactive ketones (excluding diaryl/α,β-unsaturated/α-hetero) is 1. The van der Waals surface area contributed by atoms with Crippen LogP contribution in [0, 0.1) is 0 Å². The molecule has 14 heavy (non-hydrogen) atoms. The second-order valence-corrected chi connectivity index (χ2v) is 3.96. The standard InChI is InChI=1S/C9H14N2O2S/c1-4-13-5-7(12)9-8(6(2)3)10-11-14-9/h6H,4-5H2,1-3H3. The molecule has 0 spiro atoms. The molecule has 78 valence electrons. The highest BCUT2D eigenvalue weighted by molar-refractivity contribution is 7.08. The smallest absolute Gasteiger partial charge is 0.201 e. The van der Waals surface area contributed by atoms with E-state index in [0.29, 0.717) is 11.5 Å². The molecule has 0 bridgehead atoms. The third-order valence-electron chi connectivity index (χ3n) is 1.75.